The summed E-state index contributed by atoms with van der Waals surface area (Å²) in [6, 6.07) is 2.60. The number of rotatable bonds is 3. The molecule has 2 fully saturated rings. The molecular weight excluding hydrogens is 170 g/mol. The number of hydrogen-bond donors (Lipinski definition) is 0. The van der Waals surface area contributed by atoms with E-state index in [-0.39, 0.29) is 5.41 Å². The predicted octanol–water partition coefficient (Wildman–Crippen LogP) is 4.04. The molecule has 0 atom stereocenters. The monoisotopic (exact) mass is 191 g/mol. The molecule has 2 saturated carbocycles. The lowest BCUT2D eigenvalue weighted by atomic mass is 9.80. The number of hydrogen-bond acceptors (Lipinski definition) is 1. The highest BCUT2D eigenvalue weighted by Crippen LogP contribution is 2.43. The lowest BCUT2D eigenvalue weighted by Crippen LogP contribution is -2.14. The van der Waals surface area contributed by atoms with Crippen LogP contribution in [0, 0.1) is 22.7 Å². The van der Waals surface area contributed by atoms with Gasteiger partial charge in [0.1, 0.15) is 0 Å². The molecule has 0 spiro atoms. The Balaban J connectivity index is 1.80. The van der Waals surface area contributed by atoms with E-state index in [1.165, 1.54) is 64.2 Å². The van der Waals surface area contributed by atoms with Crippen molar-refractivity contribution in [2.75, 3.05) is 0 Å². The molecule has 2 rings (SSSR count). The third kappa shape index (κ3) is 2.11. The van der Waals surface area contributed by atoms with Gasteiger partial charge in [0, 0.05) is 0 Å². The smallest absolute Gasteiger partial charge is 0.0689 e. The van der Waals surface area contributed by atoms with Crippen LogP contribution in [0.15, 0.2) is 0 Å². The summed E-state index contributed by atoms with van der Waals surface area (Å²) in [6.45, 7) is 0. The maximum absolute atomic E-state index is 9.24. The fourth-order valence-corrected chi connectivity index (χ4v) is 3.25. The largest absolute Gasteiger partial charge is 0.198 e. The molecule has 2 aliphatic rings. The normalized spacial score (nSPS) is 26.5. The zero-order chi connectivity index (χ0) is 9.86. The Labute approximate surface area is 87.5 Å². The molecule has 0 N–H and O–H groups in total. The first kappa shape index (κ1) is 10.0. The van der Waals surface area contributed by atoms with Crippen molar-refractivity contribution in [2.45, 2.75) is 64.2 Å². The van der Waals surface area contributed by atoms with Crippen LogP contribution in [-0.4, -0.2) is 0 Å². The van der Waals surface area contributed by atoms with E-state index in [1.807, 2.05) is 0 Å². The van der Waals surface area contributed by atoms with Gasteiger partial charge < -0.3 is 0 Å². The van der Waals surface area contributed by atoms with Gasteiger partial charge in [0.25, 0.3) is 0 Å². The topological polar surface area (TPSA) is 23.8 Å². The van der Waals surface area contributed by atoms with E-state index in [0.717, 1.165) is 5.92 Å². The van der Waals surface area contributed by atoms with E-state index in [4.69, 9.17) is 0 Å². The standard InChI is InChI=1S/C13H21N/c14-11-13(8-3-4-9-13)10-7-12-5-1-2-6-12/h12H,1-10H2. The minimum absolute atomic E-state index is 0.0998. The lowest BCUT2D eigenvalue weighted by molar-refractivity contribution is 0.325. The molecule has 0 saturated heterocycles. The van der Waals surface area contributed by atoms with Crippen molar-refractivity contribution in [2.24, 2.45) is 11.3 Å². The van der Waals surface area contributed by atoms with E-state index in [0.29, 0.717) is 0 Å². The molecule has 2 aliphatic carbocycles. The van der Waals surface area contributed by atoms with Crippen LogP contribution >= 0.6 is 0 Å². The first-order valence-electron chi connectivity index (χ1n) is 6.26. The zero-order valence-electron chi connectivity index (χ0n) is 9.10. The molecule has 14 heavy (non-hydrogen) atoms. The lowest BCUT2D eigenvalue weighted by Gasteiger charge is -2.21. The highest BCUT2D eigenvalue weighted by atomic mass is 14.4. The van der Waals surface area contributed by atoms with Gasteiger partial charge in [-0.15, -0.1) is 0 Å². The van der Waals surface area contributed by atoms with Gasteiger partial charge in [-0.2, -0.15) is 5.26 Å². The van der Waals surface area contributed by atoms with Crippen LogP contribution < -0.4 is 0 Å². The summed E-state index contributed by atoms with van der Waals surface area (Å²) in [5, 5.41) is 9.24. The van der Waals surface area contributed by atoms with Gasteiger partial charge in [0.15, 0.2) is 0 Å². The summed E-state index contributed by atoms with van der Waals surface area (Å²) >= 11 is 0. The van der Waals surface area contributed by atoms with E-state index < -0.39 is 0 Å². The fraction of sp³-hybridized carbons (Fsp3) is 0.923. The quantitative estimate of drug-likeness (QED) is 0.660. The van der Waals surface area contributed by atoms with Crippen LogP contribution in [0.25, 0.3) is 0 Å². The molecule has 0 aliphatic heterocycles. The second-order valence-electron chi connectivity index (χ2n) is 5.29. The van der Waals surface area contributed by atoms with E-state index >= 15 is 0 Å². The van der Waals surface area contributed by atoms with E-state index in [2.05, 4.69) is 6.07 Å². The summed E-state index contributed by atoms with van der Waals surface area (Å²) < 4.78 is 0. The molecule has 1 nitrogen and oxygen atoms in total. The van der Waals surface area contributed by atoms with Crippen LogP contribution in [0.2, 0.25) is 0 Å². The molecular formula is C13H21N. The third-order valence-electron chi connectivity index (χ3n) is 4.30. The first-order chi connectivity index (χ1) is 6.85. The number of nitrogens with zero attached hydrogens (tertiary/aromatic N) is 1. The highest BCUT2D eigenvalue weighted by molar-refractivity contribution is 5.01. The Hall–Kier alpha value is -0.510. The minimum Gasteiger partial charge on any atom is -0.198 e. The van der Waals surface area contributed by atoms with E-state index in [1.54, 1.807) is 0 Å². The van der Waals surface area contributed by atoms with Crippen molar-refractivity contribution in [1.82, 2.24) is 0 Å². The molecule has 0 aromatic carbocycles. The Morgan fingerprint density at radius 1 is 1.07 bits per heavy atom. The molecule has 1 heteroatoms. The second kappa shape index (κ2) is 4.34. The molecule has 0 aromatic heterocycles. The van der Waals surface area contributed by atoms with Crippen molar-refractivity contribution in [1.29, 1.82) is 5.26 Å². The summed E-state index contributed by atoms with van der Waals surface area (Å²) in [6.07, 6.45) is 13.2. The molecule has 0 unspecified atom stereocenters. The molecule has 0 aromatic rings. The molecule has 0 bridgehead atoms. The molecule has 78 valence electrons. The predicted molar refractivity (Wildman–Crippen MR) is 57.7 cm³/mol. The summed E-state index contributed by atoms with van der Waals surface area (Å²) in [5.41, 5.74) is 0.0998. The SMILES string of the molecule is N#CC1(CCC2CCCC2)CCCC1. The third-order valence-corrected chi connectivity index (χ3v) is 4.30. The molecule has 0 radical (unpaired) electrons. The first-order valence-corrected chi connectivity index (χ1v) is 6.26. The Morgan fingerprint density at radius 3 is 2.29 bits per heavy atom. The van der Waals surface area contributed by atoms with Gasteiger partial charge in [0.05, 0.1) is 11.5 Å². The van der Waals surface area contributed by atoms with Crippen molar-refractivity contribution in [3.63, 3.8) is 0 Å². The van der Waals surface area contributed by atoms with Crippen molar-refractivity contribution in [3.05, 3.63) is 0 Å². The van der Waals surface area contributed by atoms with Crippen molar-refractivity contribution in [3.8, 4) is 6.07 Å². The highest BCUT2D eigenvalue weighted by Gasteiger charge is 2.34. The van der Waals surface area contributed by atoms with Crippen molar-refractivity contribution >= 4 is 0 Å². The summed E-state index contributed by atoms with van der Waals surface area (Å²) in [5.74, 6) is 0.959. The minimum atomic E-state index is 0.0998. The average Bonchev–Trinajstić information content (AvgIpc) is 2.87. The van der Waals surface area contributed by atoms with Gasteiger partial charge >= 0.3 is 0 Å². The van der Waals surface area contributed by atoms with Gasteiger partial charge in [-0.1, -0.05) is 38.5 Å². The van der Waals surface area contributed by atoms with Gasteiger partial charge in [-0.3, -0.25) is 0 Å². The van der Waals surface area contributed by atoms with E-state index in [9.17, 15) is 5.26 Å². The van der Waals surface area contributed by atoms with Gasteiger partial charge in [-0.25, -0.2) is 0 Å². The van der Waals surface area contributed by atoms with Gasteiger partial charge in [0.2, 0.25) is 0 Å². The maximum Gasteiger partial charge on any atom is 0.0689 e. The summed E-state index contributed by atoms with van der Waals surface area (Å²) in [4.78, 5) is 0. The Morgan fingerprint density at radius 2 is 1.71 bits per heavy atom. The van der Waals surface area contributed by atoms with Gasteiger partial charge in [-0.05, 0) is 31.6 Å². The fourth-order valence-electron chi connectivity index (χ4n) is 3.25. The zero-order valence-corrected chi connectivity index (χ0v) is 9.10. The van der Waals surface area contributed by atoms with Crippen LogP contribution in [0.5, 0.6) is 0 Å². The van der Waals surface area contributed by atoms with Crippen LogP contribution in [0.1, 0.15) is 64.2 Å². The summed E-state index contributed by atoms with van der Waals surface area (Å²) in [7, 11) is 0. The molecule has 0 heterocycles. The Bertz CT molecular complexity index is 214. The number of nitriles is 1. The van der Waals surface area contributed by atoms with Crippen LogP contribution in [-0.2, 0) is 0 Å². The Kier molecular flexibility index (Phi) is 3.11. The van der Waals surface area contributed by atoms with Crippen LogP contribution in [0.3, 0.4) is 0 Å². The van der Waals surface area contributed by atoms with Crippen molar-refractivity contribution < 1.29 is 0 Å². The molecule has 0 amide bonds. The maximum atomic E-state index is 9.24. The second-order valence-corrected chi connectivity index (χ2v) is 5.29. The average molecular weight is 191 g/mol. The van der Waals surface area contributed by atoms with Crippen LogP contribution in [0.4, 0.5) is 0 Å².